The van der Waals surface area contributed by atoms with Crippen molar-refractivity contribution < 1.29 is 27.1 Å². The van der Waals surface area contributed by atoms with E-state index >= 15 is 0 Å². The van der Waals surface area contributed by atoms with E-state index in [1.54, 1.807) is 0 Å². The second kappa shape index (κ2) is 5.32. The van der Waals surface area contributed by atoms with E-state index in [2.05, 4.69) is 0 Å². The van der Waals surface area contributed by atoms with Crippen LogP contribution in [0.15, 0.2) is 42.5 Å². The molecule has 0 atom stereocenters. The first kappa shape index (κ1) is 14.0. The minimum atomic E-state index is -4.59. The average molecular weight is 284 g/mol. The lowest BCUT2D eigenvalue weighted by Gasteiger charge is -2.13. The lowest BCUT2D eigenvalue weighted by atomic mass is 10.2. The highest BCUT2D eigenvalue weighted by Gasteiger charge is 2.34. The minimum Gasteiger partial charge on any atom is -0.457 e. The Balaban J connectivity index is 2.40. The number of hydrogen-bond donors (Lipinski definition) is 0. The maximum absolute atomic E-state index is 13.2. The second-order valence-electron chi connectivity index (χ2n) is 3.93. The quantitative estimate of drug-likeness (QED) is 0.615. The smallest absolute Gasteiger partial charge is 0.419 e. The number of alkyl halides is 3. The van der Waals surface area contributed by atoms with Crippen molar-refractivity contribution in [3.8, 4) is 11.5 Å². The summed E-state index contributed by atoms with van der Waals surface area (Å²) >= 11 is 0. The number of aldehydes is 1. The third-order valence-corrected chi connectivity index (χ3v) is 2.45. The van der Waals surface area contributed by atoms with Gasteiger partial charge in [-0.05, 0) is 24.3 Å². The number of carbonyl (C=O) groups is 1. The van der Waals surface area contributed by atoms with Crippen molar-refractivity contribution in [2.75, 3.05) is 0 Å². The summed E-state index contributed by atoms with van der Waals surface area (Å²) in [4.78, 5) is 10.6. The molecular weight excluding hydrogens is 276 g/mol. The molecule has 0 radical (unpaired) electrons. The molecule has 0 saturated heterocycles. The summed E-state index contributed by atoms with van der Waals surface area (Å²) in [6.45, 7) is 0. The monoisotopic (exact) mass is 284 g/mol. The van der Waals surface area contributed by atoms with E-state index < -0.39 is 23.3 Å². The maximum Gasteiger partial charge on any atom is 0.419 e. The second-order valence-corrected chi connectivity index (χ2v) is 3.93. The Hall–Kier alpha value is -2.37. The van der Waals surface area contributed by atoms with Crippen molar-refractivity contribution in [2.24, 2.45) is 0 Å². The fourth-order valence-electron chi connectivity index (χ4n) is 1.63. The molecule has 0 aliphatic carbocycles. The molecule has 0 heterocycles. The molecule has 2 aromatic carbocycles. The Kier molecular flexibility index (Phi) is 3.74. The lowest BCUT2D eigenvalue weighted by Crippen LogP contribution is -2.06. The van der Waals surface area contributed by atoms with Crippen LogP contribution < -0.4 is 4.74 Å². The summed E-state index contributed by atoms with van der Waals surface area (Å²) < 4.78 is 56.5. The van der Waals surface area contributed by atoms with Gasteiger partial charge in [0.1, 0.15) is 23.6 Å². The van der Waals surface area contributed by atoms with Crippen LogP contribution in [-0.4, -0.2) is 6.29 Å². The van der Waals surface area contributed by atoms with Crippen LogP contribution in [0, 0.1) is 5.82 Å². The van der Waals surface area contributed by atoms with Gasteiger partial charge in [0.25, 0.3) is 0 Å². The molecule has 20 heavy (non-hydrogen) atoms. The molecule has 2 aromatic rings. The zero-order chi connectivity index (χ0) is 14.8. The summed E-state index contributed by atoms with van der Waals surface area (Å²) in [7, 11) is 0. The van der Waals surface area contributed by atoms with Gasteiger partial charge in [-0.15, -0.1) is 0 Å². The first-order valence-electron chi connectivity index (χ1n) is 5.50. The topological polar surface area (TPSA) is 26.3 Å². The molecule has 0 bridgehead atoms. The van der Waals surface area contributed by atoms with Gasteiger partial charge in [-0.3, -0.25) is 4.79 Å². The van der Waals surface area contributed by atoms with Crippen LogP contribution in [0.25, 0.3) is 0 Å². The van der Waals surface area contributed by atoms with Crippen LogP contribution in [-0.2, 0) is 6.18 Å². The Labute approximate surface area is 111 Å². The predicted octanol–water partition coefficient (Wildman–Crippen LogP) is 4.45. The van der Waals surface area contributed by atoms with Crippen molar-refractivity contribution in [2.45, 2.75) is 6.18 Å². The Morgan fingerprint density at radius 2 is 1.75 bits per heavy atom. The largest absolute Gasteiger partial charge is 0.457 e. The molecule has 0 fully saturated rings. The van der Waals surface area contributed by atoms with E-state index in [9.17, 15) is 22.4 Å². The van der Waals surface area contributed by atoms with Gasteiger partial charge in [0.15, 0.2) is 0 Å². The van der Waals surface area contributed by atoms with E-state index in [4.69, 9.17) is 4.74 Å². The third kappa shape index (κ3) is 3.14. The Bertz CT molecular complexity index is 635. The number of para-hydroxylation sites is 1. The summed E-state index contributed by atoms with van der Waals surface area (Å²) in [5.41, 5.74) is -0.999. The van der Waals surface area contributed by atoms with Gasteiger partial charge in [0.2, 0.25) is 0 Å². The van der Waals surface area contributed by atoms with Crippen LogP contribution in [0.3, 0.4) is 0 Å². The number of carbonyl (C=O) groups excluding carboxylic acids is 1. The molecule has 104 valence electrons. The van der Waals surface area contributed by atoms with E-state index in [1.165, 1.54) is 12.1 Å². The summed E-state index contributed by atoms with van der Waals surface area (Å²) in [5.74, 6) is -1.40. The molecule has 0 spiro atoms. The highest BCUT2D eigenvalue weighted by atomic mass is 19.4. The van der Waals surface area contributed by atoms with Crippen molar-refractivity contribution in [1.82, 2.24) is 0 Å². The maximum atomic E-state index is 13.2. The first-order chi connectivity index (χ1) is 9.40. The fourth-order valence-corrected chi connectivity index (χ4v) is 1.63. The van der Waals surface area contributed by atoms with Crippen molar-refractivity contribution >= 4 is 6.29 Å². The molecule has 0 aliphatic rings. The molecule has 0 aliphatic heterocycles. The van der Waals surface area contributed by atoms with Crippen molar-refractivity contribution in [3.63, 3.8) is 0 Å². The highest BCUT2D eigenvalue weighted by molar-refractivity contribution is 5.75. The van der Waals surface area contributed by atoms with Gasteiger partial charge >= 0.3 is 6.18 Å². The molecule has 0 N–H and O–H groups in total. The molecular formula is C14H8F4O2. The molecule has 0 saturated carbocycles. The zero-order valence-corrected chi connectivity index (χ0v) is 9.95. The molecule has 0 amide bonds. The lowest BCUT2D eigenvalue weighted by molar-refractivity contribution is -0.138. The van der Waals surface area contributed by atoms with Gasteiger partial charge in [-0.1, -0.05) is 12.1 Å². The van der Waals surface area contributed by atoms with Crippen molar-refractivity contribution in [1.29, 1.82) is 0 Å². The number of rotatable bonds is 3. The number of benzene rings is 2. The van der Waals surface area contributed by atoms with Crippen molar-refractivity contribution in [3.05, 3.63) is 59.4 Å². The number of ether oxygens (including phenoxy) is 1. The Morgan fingerprint density at radius 1 is 1.05 bits per heavy atom. The van der Waals surface area contributed by atoms with Gasteiger partial charge in [-0.2, -0.15) is 13.2 Å². The van der Waals surface area contributed by atoms with Gasteiger partial charge in [0.05, 0.1) is 5.56 Å². The van der Waals surface area contributed by atoms with Crippen LogP contribution in [0.1, 0.15) is 15.9 Å². The molecule has 2 nitrogen and oxygen atoms in total. The zero-order valence-electron chi connectivity index (χ0n) is 9.95. The van der Waals surface area contributed by atoms with Gasteiger partial charge in [0, 0.05) is 11.6 Å². The number of hydrogen-bond acceptors (Lipinski definition) is 2. The van der Waals surface area contributed by atoms with Crippen LogP contribution in [0.4, 0.5) is 17.6 Å². The highest BCUT2D eigenvalue weighted by Crippen LogP contribution is 2.38. The van der Waals surface area contributed by atoms with E-state index in [-0.39, 0.29) is 11.3 Å². The SMILES string of the molecule is O=Cc1cc(F)cc(Oc2ccccc2C(F)(F)F)c1. The normalized spacial score (nSPS) is 11.2. The van der Waals surface area contributed by atoms with Crippen LogP contribution in [0.5, 0.6) is 11.5 Å². The summed E-state index contributed by atoms with van der Waals surface area (Å²) in [6, 6.07) is 7.57. The summed E-state index contributed by atoms with van der Waals surface area (Å²) in [6.07, 6.45) is -4.21. The first-order valence-corrected chi connectivity index (χ1v) is 5.50. The van der Waals surface area contributed by atoms with Gasteiger partial charge < -0.3 is 4.74 Å². The molecule has 0 unspecified atom stereocenters. The average Bonchev–Trinajstić information content (AvgIpc) is 2.37. The van der Waals surface area contributed by atoms with Gasteiger partial charge in [-0.25, -0.2) is 4.39 Å². The van der Waals surface area contributed by atoms with E-state index in [0.717, 1.165) is 30.3 Å². The third-order valence-electron chi connectivity index (χ3n) is 2.45. The predicted molar refractivity (Wildman–Crippen MR) is 63.3 cm³/mol. The summed E-state index contributed by atoms with van der Waals surface area (Å²) in [5, 5.41) is 0. The fraction of sp³-hybridized carbons (Fsp3) is 0.0714. The van der Waals surface area contributed by atoms with Crippen LogP contribution in [0.2, 0.25) is 0 Å². The molecule has 6 heteroatoms. The minimum absolute atomic E-state index is 0.0236. The van der Waals surface area contributed by atoms with Crippen LogP contribution >= 0.6 is 0 Å². The Morgan fingerprint density at radius 3 is 2.40 bits per heavy atom. The molecule has 2 rings (SSSR count). The van der Waals surface area contributed by atoms with E-state index in [1.807, 2.05) is 0 Å². The molecule has 0 aromatic heterocycles. The number of halogens is 4. The van der Waals surface area contributed by atoms with E-state index in [0.29, 0.717) is 6.29 Å². The standard InChI is InChI=1S/C14H8F4O2/c15-10-5-9(8-19)6-11(7-10)20-13-4-2-1-3-12(13)14(16,17)18/h1-8H.